The molecule has 0 bridgehead atoms. The summed E-state index contributed by atoms with van der Waals surface area (Å²) in [5, 5.41) is 2.86. The molecule has 3 aromatic rings. The minimum Gasteiger partial charge on any atom is -0.307 e. The molecule has 0 aliphatic heterocycles. The van der Waals surface area contributed by atoms with Crippen LogP contribution in [0, 0.1) is 6.92 Å². The Balaban J connectivity index is 2.02. The smallest absolute Gasteiger partial charge is 0.307 e. The summed E-state index contributed by atoms with van der Waals surface area (Å²) in [6.45, 7) is 4.24. The van der Waals surface area contributed by atoms with Crippen molar-refractivity contribution in [2.24, 2.45) is 0 Å². The van der Waals surface area contributed by atoms with Gasteiger partial charge in [-0.1, -0.05) is 6.92 Å². The van der Waals surface area contributed by atoms with Crippen LogP contribution in [0.5, 0.6) is 0 Å². The number of rotatable bonds is 4. The van der Waals surface area contributed by atoms with Crippen LogP contribution in [0.15, 0.2) is 40.2 Å². The molecule has 8 nitrogen and oxygen atoms in total. The van der Waals surface area contributed by atoms with E-state index >= 15 is 0 Å². The predicted molar refractivity (Wildman–Crippen MR) is 93.8 cm³/mol. The largest absolute Gasteiger partial charge is 0.329 e. The van der Waals surface area contributed by atoms with E-state index in [0.717, 1.165) is 5.56 Å². The Morgan fingerprint density at radius 1 is 1.28 bits per heavy atom. The van der Waals surface area contributed by atoms with Crippen molar-refractivity contribution in [2.75, 3.05) is 5.32 Å². The van der Waals surface area contributed by atoms with Crippen LogP contribution < -0.4 is 16.6 Å². The van der Waals surface area contributed by atoms with Crippen LogP contribution in [0.25, 0.3) is 11.0 Å². The third-order valence-electron chi connectivity index (χ3n) is 3.70. The van der Waals surface area contributed by atoms with Crippen molar-refractivity contribution < 1.29 is 4.79 Å². The highest BCUT2D eigenvalue weighted by atomic mass is 16.2. The maximum absolute atomic E-state index is 12.4. The maximum atomic E-state index is 12.4. The van der Waals surface area contributed by atoms with Gasteiger partial charge in [-0.3, -0.25) is 19.1 Å². The number of hydrogen-bond acceptors (Lipinski definition) is 5. The molecule has 3 aromatic heterocycles. The summed E-state index contributed by atoms with van der Waals surface area (Å²) in [5.74, 6) is -0.0184. The summed E-state index contributed by atoms with van der Waals surface area (Å²) in [6, 6.07) is 4.98. The number of fused-ring (bicyclic) bond motifs is 1. The van der Waals surface area contributed by atoms with Crippen LogP contribution in [0.1, 0.15) is 29.3 Å². The summed E-state index contributed by atoms with van der Waals surface area (Å²) in [6.07, 6.45) is 3.65. The van der Waals surface area contributed by atoms with Gasteiger partial charge in [0.2, 0.25) is 0 Å². The Morgan fingerprint density at radius 3 is 2.80 bits per heavy atom. The van der Waals surface area contributed by atoms with Crippen molar-refractivity contribution in [3.8, 4) is 0 Å². The van der Waals surface area contributed by atoms with E-state index in [1.54, 1.807) is 12.3 Å². The lowest BCUT2D eigenvalue weighted by atomic mass is 10.2. The molecule has 0 fully saturated rings. The number of carbonyl (C=O) groups excluding carboxylic acids is 1. The Hall–Kier alpha value is -3.29. The Morgan fingerprint density at radius 2 is 2.08 bits per heavy atom. The number of aromatic amines is 1. The summed E-state index contributed by atoms with van der Waals surface area (Å²) < 4.78 is 1.39. The molecule has 3 rings (SSSR count). The molecule has 0 aromatic carbocycles. The van der Waals surface area contributed by atoms with Crippen LogP contribution in [0.4, 0.5) is 5.82 Å². The van der Waals surface area contributed by atoms with Gasteiger partial charge in [0.05, 0.1) is 10.9 Å². The van der Waals surface area contributed by atoms with Gasteiger partial charge in [-0.05, 0) is 37.1 Å². The van der Waals surface area contributed by atoms with Crippen LogP contribution in [0.2, 0.25) is 0 Å². The van der Waals surface area contributed by atoms with Gasteiger partial charge in [-0.15, -0.1) is 0 Å². The Bertz CT molecular complexity index is 1070. The number of aryl methyl sites for hydroxylation is 2. The monoisotopic (exact) mass is 339 g/mol. The number of anilines is 1. The maximum Gasteiger partial charge on any atom is 0.329 e. The van der Waals surface area contributed by atoms with Crippen molar-refractivity contribution in [3.63, 3.8) is 0 Å². The lowest BCUT2D eigenvalue weighted by Crippen LogP contribution is -2.31. The zero-order valence-corrected chi connectivity index (χ0v) is 13.9. The number of aromatic nitrogens is 4. The van der Waals surface area contributed by atoms with E-state index in [2.05, 4.69) is 20.3 Å². The van der Waals surface area contributed by atoms with E-state index in [1.807, 2.05) is 19.9 Å². The molecule has 2 N–H and O–H groups in total. The SMILES string of the molecule is CCCn1c(=O)[nH]c(=O)c2cc(C(=O)Nc3cc(C)ccn3)cnc21. The number of carbonyl (C=O) groups is 1. The minimum absolute atomic E-state index is 0.193. The Kier molecular flexibility index (Phi) is 4.42. The van der Waals surface area contributed by atoms with Crippen LogP contribution in [-0.2, 0) is 6.54 Å². The van der Waals surface area contributed by atoms with Gasteiger partial charge >= 0.3 is 5.69 Å². The number of amides is 1. The number of H-pyrrole nitrogens is 1. The second kappa shape index (κ2) is 6.68. The summed E-state index contributed by atoms with van der Waals surface area (Å²) in [4.78, 5) is 46.9. The number of nitrogens with one attached hydrogen (secondary N) is 2. The lowest BCUT2D eigenvalue weighted by Gasteiger charge is -2.09. The highest BCUT2D eigenvalue weighted by Crippen LogP contribution is 2.11. The molecule has 3 heterocycles. The molecule has 8 heteroatoms. The first-order valence-corrected chi connectivity index (χ1v) is 7.86. The van der Waals surface area contributed by atoms with E-state index < -0.39 is 17.2 Å². The lowest BCUT2D eigenvalue weighted by molar-refractivity contribution is 0.102. The second-order valence-electron chi connectivity index (χ2n) is 5.68. The highest BCUT2D eigenvalue weighted by Gasteiger charge is 2.13. The number of pyridine rings is 2. The molecule has 25 heavy (non-hydrogen) atoms. The molecule has 0 saturated carbocycles. The van der Waals surface area contributed by atoms with Crippen LogP contribution >= 0.6 is 0 Å². The summed E-state index contributed by atoms with van der Waals surface area (Å²) >= 11 is 0. The van der Waals surface area contributed by atoms with E-state index in [-0.39, 0.29) is 16.6 Å². The van der Waals surface area contributed by atoms with Gasteiger partial charge in [-0.2, -0.15) is 0 Å². The quantitative estimate of drug-likeness (QED) is 0.747. The van der Waals surface area contributed by atoms with E-state index in [4.69, 9.17) is 0 Å². The van der Waals surface area contributed by atoms with Crippen molar-refractivity contribution in [3.05, 3.63) is 62.6 Å². The van der Waals surface area contributed by atoms with Crippen molar-refractivity contribution in [1.82, 2.24) is 19.5 Å². The molecule has 1 amide bonds. The summed E-state index contributed by atoms with van der Waals surface area (Å²) in [5.41, 5.74) is 0.363. The molecule has 0 atom stereocenters. The Labute approximate surface area is 142 Å². The normalized spacial score (nSPS) is 10.8. The van der Waals surface area contributed by atoms with Gasteiger partial charge in [0.15, 0.2) is 0 Å². The fourth-order valence-corrected chi connectivity index (χ4v) is 2.52. The first kappa shape index (κ1) is 16.6. The number of nitrogens with zero attached hydrogens (tertiary/aromatic N) is 3. The first-order chi connectivity index (χ1) is 12.0. The standard InChI is InChI=1S/C17H17N5O3/c1-3-6-22-14-12(16(24)21-17(22)25)8-11(9-19-14)15(23)20-13-7-10(2)4-5-18-13/h4-5,7-9H,3,6H2,1-2H3,(H,18,20,23)(H,21,24,25). The van der Waals surface area contributed by atoms with Crippen molar-refractivity contribution in [2.45, 2.75) is 26.8 Å². The van der Waals surface area contributed by atoms with E-state index in [1.165, 1.54) is 16.8 Å². The molecular formula is C17H17N5O3. The molecule has 0 unspecified atom stereocenters. The molecule has 128 valence electrons. The van der Waals surface area contributed by atoms with Crippen molar-refractivity contribution in [1.29, 1.82) is 0 Å². The van der Waals surface area contributed by atoms with Gasteiger partial charge in [0, 0.05) is 18.9 Å². The molecule has 0 spiro atoms. The first-order valence-electron chi connectivity index (χ1n) is 7.86. The van der Waals surface area contributed by atoms with Crippen molar-refractivity contribution >= 4 is 22.8 Å². The highest BCUT2D eigenvalue weighted by molar-refractivity contribution is 6.05. The third-order valence-corrected chi connectivity index (χ3v) is 3.70. The molecule has 0 aliphatic carbocycles. The van der Waals surface area contributed by atoms with Gasteiger partial charge in [0.1, 0.15) is 11.5 Å². The third kappa shape index (κ3) is 3.32. The zero-order chi connectivity index (χ0) is 18.0. The topological polar surface area (TPSA) is 110 Å². The fraction of sp³-hybridized carbons (Fsp3) is 0.235. The van der Waals surface area contributed by atoms with Gasteiger partial charge in [0.25, 0.3) is 11.5 Å². The number of hydrogen-bond donors (Lipinski definition) is 2. The van der Waals surface area contributed by atoms with Gasteiger partial charge < -0.3 is 5.32 Å². The van der Waals surface area contributed by atoms with E-state index in [9.17, 15) is 14.4 Å². The average Bonchev–Trinajstić information content (AvgIpc) is 2.58. The molecule has 0 saturated heterocycles. The molecule has 0 radical (unpaired) electrons. The second-order valence-corrected chi connectivity index (χ2v) is 5.68. The minimum atomic E-state index is -0.566. The fourth-order valence-electron chi connectivity index (χ4n) is 2.52. The van der Waals surface area contributed by atoms with Gasteiger partial charge in [-0.25, -0.2) is 14.8 Å². The zero-order valence-electron chi connectivity index (χ0n) is 13.9. The van der Waals surface area contributed by atoms with Crippen LogP contribution in [0.3, 0.4) is 0 Å². The van der Waals surface area contributed by atoms with Crippen LogP contribution in [-0.4, -0.2) is 25.4 Å². The van der Waals surface area contributed by atoms with E-state index in [0.29, 0.717) is 18.8 Å². The predicted octanol–water partition coefficient (Wildman–Crippen LogP) is 1.45. The molecular weight excluding hydrogens is 322 g/mol. The summed E-state index contributed by atoms with van der Waals surface area (Å²) in [7, 11) is 0. The molecule has 0 aliphatic rings. The average molecular weight is 339 g/mol.